The summed E-state index contributed by atoms with van der Waals surface area (Å²) in [4.78, 5) is 67.9. The van der Waals surface area contributed by atoms with Gasteiger partial charge in [0.2, 0.25) is 11.8 Å². The molecule has 6 rings (SSSR count). The van der Waals surface area contributed by atoms with E-state index in [-0.39, 0.29) is 23.5 Å². The summed E-state index contributed by atoms with van der Waals surface area (Å²) in [6, 6.07) is 15.3. The van der Waals surface area contributed by atoms with Gasteiger partial charge in [-0.1, -0.05) is 6.92 Å². The molecular weight excluding hydrogens is 602 g/mol. The summed E-state index contributed by atoms with van der Waals surface area (Å²) in [5.74, 6) is -0.0394. The topological polar surface area (TPSA) is 212 Å². The minimum Gasteiger partial charge on any atom is -0.326 e. The van der Waals surface area contributed by atoms with Gasteiger partial charge in [0.15, 0.2) is 0 Å². The molecule has 6 aromatic heterocycles. The van der Waals surface area contributed by atoms with Crippen molar-refractivity contribution in [3.8, 4) is 0 Å². The second-order valence-corrected chi connectivity index (χ2v) is 9.11. The van der Waals surface area contributed by atoms with Crippen LogP contribution in [0.2, 0.25) is 0 Å². The third kappa shape index (κ3) is 14.0. The SMILES string of the molecule is CC(=O)Nc1ccncc1.CCC(=O)Nc1ccncc1.O=C(Nc1ccncc1)Nc1ccncc1.O=c1[nH]c2ccncc2[nH]1. The molecule has 6 N–H and O–H groups in total. The van der Waals surface area contributed by atoms with Crippen molar-refractivity contribution in [2.24, 2.45) is 0 Å². The van der Waals surface area contributed by atoms with Crippen LogP contribution < -0.4 is 27.0 Å². The largest absolute Gasteiger partial charge is 0.326 e. The molecule has 0 saturated carbocycles. The highest BCUT2D eigenvalue weighted by molar-refractivity contribution is 5.99. The number of amides is 4. The maximum absolute atomic E-state index is 11.5. The molecule has 0 aromatic carbocycles. The summed E-state index contributed by atoms with van der Waals surface area (Å²) < 4.78 is 0. The highest BCUT2D eigenvalue weighted by atomic mass is 16.2. The zero-order chi connectivity index (χ0) is 33.7. The van der Waals surface area contributed by atoms with Crippen LogP contribution in [0.15, 0.2) is 121 Å². The van der Waals surface area contributed by atoms with E-state index in [9.17, 15) is 19.2 Å². The van der Waals surface area contributed by atoms with Crippen LogP contribution in [0.25, 0.3) is 11.0 Å². The Morgan fingerprint density at radius 2 is 0.936 bits per heavy atom. The van der Waals surface area contributed by atoms with Gasteiger partial charge >= 0.3 is 11.7 Å². The third-order valence-corrected chi connectivity index (χ3v) is 5.48. The third-order valence-electron chi connectivity index (χ3n) is 5.48. The number of urea groups is 1. The lowest BCUT2D eigenvalue weighted by Gasteiger charge is -2.06. The van der Waals surface area contributed by atoms with E-state index in [4.69, 9.17) is 0 Å². The van der Waals surface area contributed by atoms with Crippen molar-refractivity contribution in [3.05, 3.63) is 127 Å². The summed E-state index contributed by atoms with van der Waals surface area (Å²) in [7, 11) is 0. The smallest absolute Gasteiger partial charge is 0.323 e. The van der Waals surface area contributed by atoms with Crippen LogP contribution in [0.3, 0.4) is 0 Å². The maximum Gasteiger partial charge on any atom is 0.323 e. The van der Waals surface area contributed by atoms with Crippen molar-refractivity contribution >= 4 is 51.6 Å². The molecule has 0 atom stereocenters. The molecule has 0 bridgehead atoms. The molecule has 0 saturated heterocycles. The van der Waals surface area contributed by atoms with Gasteiger partial charge in [-0.2, -0.15) is 0 Å². The number of hydrogen-bond donors (Lipinski definition) is 6. The first-order chi connectivity index (χ1) is 22.8. The molecule has 15 nitrogen and oxygen atoms in total. The Balaban J connectivity index is 0.000000174. The normalized spacial score (nSPS) is 9.49. The highest BCUT2D eigenvalue weighted by Crippen LogP contribution is 2.07. The molecule has 6 aromatic rings. The van der Waals surface area contributed by atoms with E-state index in [1.165, 1.54) is 6.92 Å². The molecule has 0 unspecified atom stereocenters. The second kappa shape index (κ2) is 19.5. The van der Waals surface area contributed by atoms with E-state index in [2.05, 4.69) is 56.2 Å². The van der Waals surface area contributed by atoms with E-state index < -0.39 is 0 Å². The zero-order valence-corrected chi connectivity index (χ0v) is 25.5. The number of fused-ring (bicyclic) bond motifs is 1. The number of rotatable bonds is 5. The summed E-state index contributed by atoms with van der Waals surface area (Å²) in [6.07, 6.45) is 16.7. The van der Waals surface area contributed by atoms with Gasteiger partial charge in [-0.15, -0.1) is 0 Å². The fraction of sp³-hybridized carbons (Fsp3) is 0.0938. The van der Waals surface area contributed by atoms with Crippen LogP contribution in [0, 0.1) is 0 Å². The number of H-pyrrole nitrogens is 2. The number of nitrogens with one attached hydrogen (secondary N) is 6. The first-order valence-electron chi connectivity index (χ1n) is 14.1. The van der Waals surface area contributed by atoms with Crippen LogP contribution in [-0.4, -0.2) is 52.7 Å². The molecular formula is C32H33N11O4. The standard InChI is InChI=1S/C11H10N4O.C8H10N2O.C7H8N2O.C6H5N3O/c16-11(14-9-1-5-12-6-2-9)15-10-3-7-13-8-4-10;1-2-8(11)10-7-3-5-9-6-4-7;1-6(10)9-7-2-4-8-5-3-7;10-6-8-4-1-2-7-3-5(4)9-6/h1-8H,(H2,12,13,14,15,16);3-6H,2H2,1H3,(H,9,10,11);2-5H,1H3,(H,8,9,10);1-3H,(H2,8,9,10). The van der Waals surface area contributed by atoms with Crippen LogP contribution in [0.4, 0.5) is 27.5 Å². The molecule has 0 radical (unpaired) electrons. The number of carbonyl (C=O) groups excluding carboxylic acids is 3. The monoisotopic (exact) mass is 635 g/mol. The van der Waals surface area contributed by atoms with Crippen LogP contribution >= 0.6 is 0 Å². The van der Waals surface area contributed by atoms with Gasteiger partial charge in [0.25, 0.3) is 0 Å². The lowest BCUT2D eigenvalue weighted by Crippen LogP contribution is -2.19. The van der Waals surface area contributed by atoms with E-state index in [1.807, 2.05) is 6.92 Å². The Hall–Kier alpha value is -6.77. The van der Waals surface area contributed by atoms with Crippen molar-refractivity contribution in [1.82, 2.24) is 34.9 Å². The van der Waals surface area contributed by atoms with E-state index in [0.29, 0.717) is 17.8 Å². The number of aromatic nitrogens is 7. The lowest BCUT2D eigenvalue weighted by atomic mass is 10.4. The quantitative estimate of drug-likeness (QED) is 0.153. The fourth-order valence-corrected chi connectivity index (χ4v) is 3.37. The van der Waals surface area contributed by atoms with Gasteiger partial charge in [0, 0.05) is 91.9 Å². The van der Waals surface area contributed by atoms with Crippen LogP contribution in [0.5, 0.6) is 0 Å². The van der Waals surface area contributed by atoms with Crippen molar-refractivity contribution < 1.29 is 14.4 Å². The number of pyridine rings is 5. The summed E-state index contributed by atoms with van der Waals surface area (Å²) in [6.45, 7) is 3.29. The van der Waals surface area contributed by atoms with Crippen molar-refractivity contribution in [2.75, 3.05) is 21.3 Å². The number of hydrogen-bond acceptors (Lipinski definition) is 9. The summed E-state index contributed by atoms with van der Waals surface area (Å²) in [5.41, 5.74) is 4.31. The molecule has 0 aliphatic heterocycles. The Kier molecular flexibility index (Phi) is 14.4. The summed E-state index contributed by atoms with van der Waals surface area (Å²) in [5, 5.41) is 10.7. The molecule has 15 heteroatoms. The Labute approximate surface area is 269 Å². The molecule has 0 spiro atoms. The molecule has 240 valence electrons. The first kappa shape index (κ1) is 34.7. The zero-order valence-electron chi connectivity index (χ0n) is 25.5. The van der Waals surface area contributed by atoms with E-state index >= 15 is 0 Å². The second-order valence-electron chi connectivity index (χ2n) is 9.11. The lowest BCUT2D eigenvalue weighted by molar-refractivity contribution is -0.116. The molecule has 0 fully saturated rings. The van der Waals surface area contributed by atoms with Gasteiger partial charge < -0.3 is 31.2 Å². The Morgan fingerprint density at radius 3 is 1.34 bits per heavy atom. The minimum absolute atomic E-state index is 0.0243. The number of nitrogens with zero attached hydrogens (tertiary/aromatic N) is 5. The van der Waals surface area contributed by atoms with Gasteiger partial charge in [0.1, 0.15) is 0 Å². The fourth-order valence-electron chi connectivity index (χ4n) is 3.37. The predicted molar refractivity (Wildman–Crippen MR) is 180 cm³/mol. The van der Waals surface area contributed by atoms with Gasteiger partial charge in [0.05, 0.1) is 17.2 Å². The number of aromatic amines is 2. The Bertz CT molecular complexity index is 1770. The van der Waals surface area contributed by atoms with Gasteiger partial charge in [-0.3, -0.25) is 34.5 Å². The molecule has 0 aliphatic carbocycles. The van der Waals surface area contributed by atoms with E-state index in [1.54, 1.807) is 117 Å². The maximum atomic E-state index is 11.5. The van der Waals surface area contributed by atoms with Crippen LogP contribution in [0.1, 0.15) is 20.3 Å². The highest BCUT2D eigenvalue weighted by Gasteiger charge is 2.01. The average molecular weight is 636 g/mol. The molecule has 6 heterocycles. The van der Waals surface area contributed by atoms with Crippen molar-refractivity contribution in [3.63, 3.8) is 0 Å². The summed E-state index contributed by atoms with van der Waals surface area (Å²) >= 11 is 0. The molecule has 0 aliphatic rings. The number of carbonyl (C=O) groups is 3. The van der Waals surface area contributed by atoms with Crippen LogP contribution in [-0.2, 0) is 9.59 Å². The van der Waals surface area contributed by atoms with E-state index in [0.717, 1.165) is 22.4 Å². The number of imidazole rings is 1. The first-order valence-corrected chi connectivity index (χ1v) is 14.1. The Morgan fingerprint density at radius 1 is 0.553 bits per heavy atom. The average Bonchev–Trinajstić information content (AvgIpc) is 3.47. The number of anilines is 4. The van der Waals surface area contributed by atoms with Gasteiger partial charge in [-0.25, -0.2) is 9.59 Å². The molecule has 4 amide bonds. The predicted octanol–water partition coefficient (Wildman–Crippen LogP) is 4.84. The van der Waals surface area contributed by atoms with Gasteiger partial charge in [-0.05, 0) is 54.6 Å². The van der Waals surface area contributed by atoms with Crippen molar-refractivity contribution in [2.45, 2.75) is 20.3 Å². The molecule has 47 heavy (non-hydrogen) atoms. The minimum atomic E-state index is -0.294. The van der Waals surface area contributed by atoms with Crippen molar-refractivity contribution in [1.29, 1.82) is 0 Å².